The van der Waals surface area contributed by atoms with Crippen LogP contribution in [-0.2, 0) is 15.9 Å². The van der Waals surface area contributed by atoms with Crippen molar-refractivity contribution < 1.29 is 9.47 Å². The number of aryl methyl sites for hydroxylation is 1. The van der Waals surface area contributed by atoms with Gasteiger partial charge >= 0.3 is 0 Å². The number of hydrogen-bond acceptors (Lipinski definition) is 3. The Labute approximate surface area is 85.1 Å². The fourth-order valence-electron chi connectivity index (χ4n) is 1.65. The van der Waals surface area contributed by atoms with Crippen molar-refractivity contribution in [1.29, 1.82) is 0 Å². The molecule has 0 spiro atoms. The van der Waals surface area contributed by atoms with Crippen LogP contribution in [0.2, 0.25) is 0 Å². The maximum atomic E-state index is 5.22. The van der Waals surface area contributed by atoms with Crippen molar-refractivity contribution in [3.05, 3.63) is 29.1 Å². The van der Waals surface area contributed by atoms with Gasteiger partial charge in [0.25, 0.3) is 0 Å². The molecule has 0 aliphatic heterocycles. The third-order valence-corrected chi connectivity index (χ3v) is 2.34. The topological polar surface area (TPSA) is 31.4 Å². The summed E-state index contributed by atoms with van der Waals surface area (Å²) < 4.78 is 10.4. The van der Waals surface area contributed by atoms with E-state index in [2.05, 4.69) is 18.8 Å². The molecule has 3 heteroatoms. The Balaban J connectivity index is 3.11. The van der Waals surface area contributed by atoms with Crippen LogP contribution in [-0.4, -0.2) is 19.2 Å². The lowest BCUT2D eigenvalue weighted by Gasteiger charge is -2.17. The highest BCUT2D eigenvalue weighted by Crippen LogP contribution is 2.23. The number of ether oxygens (including phenoxy) is 2. The van der Waals surface area contributed by atoms with Crippen LogP contribution in [0.4, 0.5) is 0 Å². The molecule has 0 aliphatic carbocycles. The number of pyridine rings is 1. The summed E-state index contributed by atoms with van der Waals surface area (Å²) in [5.41, 5.74) is 3.47. The fourth-order valence-corrected chi connectivity index (χ4v) is 1.65. The van der Waals surface area contributed by atoms with Gasteiger partial charge in [0, 0.05) is 32.2 Å². The minimum absolute atomic E-state index is 0.308. The predicted octanol–water partition coefficient (Wildman–Crippen LogP) is 2.24. The van der Waals surface area contributed by atoms with Gasteiger partial charge in [-0.2, -0.15) is 0 Å². The second-order valence-corrected chi connectivity index (χ2v) is 3.18. The van der Waals surface area contributed by atoms with E-state index in [1.807, 2.05) is 12.4 Å². The molecule has 1 aromatic rings. The van der Waals surface area contributed by atoms with Crippen molar-refractivity contribution in [3.8, 4) is 0 Å². The van der Waals surface area contributed by atoms with Crippen molar-refractivity contribution in [3.63, 3.8) is 0 Å². The molecule has 0 bridgehead atoms. The van der Waals surface area contributed by atoms with Crippen LogP contribution < -0.4 is 0 Å². The Bertz CT molecular complexity index is 295. The van der Waals surface area contributed by atoms with E-state index in [1.54, 1.807) is 14.2 Å². The molecule has 0 aliphatic rings. The van der Waals surface area contributed by atoms with Crippen molar-refractivity contribution in [2.45, 2.75) is 26.6 Å². The van der Waals surface area contributed by atoms with Gasteiger partial charge in [-0.05, 0) is 24.5 Å². The van der Waals surface area contributed by atoms with Crippen molar-refractivity contribution in [1.82, 2.24) is 4.98 Å². The van der Waals surface area contributed by atoms with E-state index in [9.17, 15) is 0 Å². The van der Waals surface area contributed by atoms with Gasteiger partial charge in [-0.1, -0.05) is 6.92 Å². The summed E-state index contributed by atoms with van der Waals surface area (Å²) in [6.45, 7) is 4.17. The standard InChI is InChI=1S/C11H17NO2/c1-5-9-8(2)6-12-7-10(9)11(13-3)14-4/h6-7,11H,5H2,1-4H3. The highest BCUT2D eigenvalue weighted by atomic mass is 16.7. The number of methoxy groups -OCH3 is 2. The molecular weight excluding hydrogens is 178 g/mol. The van der Waals surface area contributed by atoms with Crippen molar-refractivity contribution in [2.24, 2.45) is 0 Å². The smallest absolute Gasteiger partial charge is 0.184 e. The molecule has 1 aromatic heterocycles. The number of nitrogens with zero attached hydrogens (tertiary/aromatic N) is 1. The summed E-state index contributed by atoms with van der Waals surface area (Å²) in [6.07, 6.45) is 4.33. The molecule has 1 heterocycles. The lowest BCUT2D eigenvalue weighted by atomic mass is 10.0. The zero-order chi connectivity index (χ0) is 10.6. The number of rotatable bonds is 4. The maximum absolute atomic E-state index is 5.22. The van der Waals surface area contributed by atoms with E-state index >= 15 is 0 Å². The first kappa shape index (κ1) is 11.1. The van der Waals surface area contributed by atoms with Crippen LogP contribution in [0.15, 0.2) is 12.4 Å². The van der Waals surface area contributed by atoms with Crippen LogP contribution >= 0.6 is 0 Å². The number of hydrogen-bond donors (Lipinski definition) is 0. The average molecular weight is 195 g/mol. The van der Waals surface area contributed by atoms with E-state index in [4.69, 9.17) is 9.47 Å². The fraction of sp³-hybridized carbons (Fsp3) is 0.545. The molecule has 78 valence electrons. The van der Waals surface area contributed by atoms with Crippen LogP contribution in [0.1, 0.15) is 29.9 Å². The third kappa shape index (κ3) is 2.11. The SMILES string of the molecule is CCc1c(C)cncc1C(OC)OC. The summed E-state index contributed by atoms with van der Waals surface area (Å²) in [5, 5.41) is 0. The quantitative estimate of drug-likeness (QED) is 0.690. The minimum Gasteiger partial charge on any atom is -0.352 e. The molecule has 14 heavy (non-hydrogen) atoms. The van der Waals surface area contributed by atoms with Gasteiger partial charge < -0.3 is 9.47 Å². The molecule has 0 fully saturated rings. The second-order valence-electron chi connectivity index (χ2n) is 3.18. The minimum atomic E-state index is -0.308. The average Bonchev–Trinajstić information content (AvgIpc) is 2.20. The lowest BCUT2D eigenvalue weighted by molar-refractivity contribution is -0.106. The van der Waals surface area contributed by atoms with Gasteiger partial charge in [-0.3, -0.25) is 4.98 Å². The monoisotopic (exact) mass is 195 g/mol. The second kappa shape index (κ2) is 5.08. The zero-order valence-electron chi connectivity index (χ0n) is 9.20. The Morgan fingerprint density at radius 2 is 1.93 bits per heavy atom. The molecule has 0 aromatic carbocycles. The first-order valence-electron chi connectivity index (χ1n) is 4.73. The number of aromatic nitrogens is 1. The van der Waals surface area contributed by atoms with E-state index in [0.29, 0.717) is 0 Å². The third-order valence-electron chi connectivity index (χ3n) is 2.34. The summed E-state index contributed by atoms with van der Waals surface area (Å²) in [4.78, 5) is 4.15. The highest BCUT2D eigenvalue weighted by molar-refractivity contribution is 5.31. The zero-order valence-corrected chi connectivity index (χ0v) is 9.20. The first-order valence-corrected chi connectivity index (χ1v) is 4.73. The van der Waals surface area contributed by atoms with Gasteiger partial charge in [0.05, 0.1) is 0 Å². The van der Waals surface area contributed by atoms with Gasteiger partial charge in [0.15, 0.2) is 6.29 Å². The van der Waals surface area contributed by atoms with Crippen LogP contribution in [0.3, 0.4) is 0 Å². The summed E-state index contributed by atoms with van der Waals surface area (Å²) in [5.74, 6) is 0. The Morgan fingerprint density at radius 3 is 2.43 bits per heavy atom. The molecule has 0 unspecified atom stereocenters. The molecule has 0 saturated heterocycles. The van der Waals surface area contributed by atoms with E-state index in [0.717, 1.165) is 12.0 Å². The molecule has 0 N–H and O–H groups in total. The Hall–Kier alpha value is -0.930. The van der Waals surface area contributed by atoms with E-state index in [-0.39, 0.29) is 6.29 Å². The van der Waals surface area contributed by atoms with Gasteiger partial charge in [0.2, 0.25) is 0 Å². The summed E-state index contributed by atoms with van der Waals surface area (Å²) in [6, 6.07) is 0. The molecule has 0 atom stereocenters. The Kier molecular flexibility index (Phi) is 4.04. The highest BCUT2D eigenvalue weighted by Gasteiger charge is 2.14. The normalized spacial score (nSPS) is 10.9. The molecule has 3 nitrogen and oxygen atoms in total. The lowest BCUT2D eigenvalue weighted by Crippen LogP contribution is -2.08. The molecule has 1 rings (SSSR count). The largest absolute Gasteiger partial charge is 0.352 e. The molecular formula is C11H17NO2. The molecule has 0 radical (unpaired) electrons. The Morgan fingerprint density at radius 1 is 1.29 bits per heavy atom. The van der Waals surface area contributed by atoms with Crippen molar-refractivity contribution >= 4 is 0 Å². The first-order chi connectivity index (χ1) is 6.74. The van der Waals surface area contributed by atoms with Crippen LogP contribution in [0, 0.1) is 6.92 Å². The molecule has 0 saturated carbocycles. The molecule has 0 amide bonds. The maximum Gasteiger partial charge on any atom is 0.184 e. The van der Waals surface area contributed by atoms with Crippen LogP contribution in [0.25, 0.3) is 0 Å². The van der Waals surface area contributed by atoms with E-state index < -0.39 is 0 Å². The summed E-state index contributed by atoms with van der Waals surface area (Å²) in [7, 11) is 3.27. The van der Waals surface area contributed by atoms with Gasteiger partial charge in [-0.25, -0.2) is 0 Å². The van der Waals surface area contributed by atoms with Crippen molar-refractivity contribution in [2.75, 3.05) is 14.2 Å². The van der Waals surface area contributed by atoms with Gasteiger partial charge in [0.1, 0.15) is 0 Å². The summed E-state index contributed by atoms with van der Waals surface area (Å²) >= 11 is 0. The van der Waals surface area contributed by atoms with Crippen LogP contribution in [0.5, 0.6) is 0 Å². The van der Waals surface area contributed by atoms with E-state index in [1.165, 1.54) is 11.1 Å². The van der Waals surface area contributed by atoms with Gasteiger partial charge in [-0.15, -0.1) is 0 Å². The predicted molar refractivity (Wildman–Crippen MR) is 55.1 cm³/mol.